The minimum absolute atomic E-state index is 0.725. The third-order valence-corrected chi connectivity index (χ3v) is 4.22. The van der Waals surface area contributed by atoms with E-state index in [-0.39, 0.29) is 0 Å². The maximum atomic E-state index is 3.75. The van der Waals surface area contributed by atoms with Crippen LogP contribution in [0.2, 0.25) is 0 Å². The summed E-state index contributed by atoms with van der Waals surface area (Å²) in [5, 5.41) is 8.17. The van der Waals surface area contributed by atoms with Crippen molar-refractivity contribution in [3.63, 3.8) is 0 Å². The lowest BCUT2D eigenvalue weighted by molar-refractivity contribution is 0.418. The number of hydrogen-bond acceptors (Lipinski definition) is 2. The van der Waals surface area contributed by atoms with Gasteiger partial charge >= 0.3 is 0 Å². The Morgan fingerprint density at radius 1 is 1.06 bits per heavy atom. The van der Waals surface area contributed by atoms with Crippen LogP contribution >= 0.6 is 11.3 Å². The summed E-state index contributed by atoms with van der Waals surface area (Å²) >= 11 is 1.79. The SMILES string of the molecule is CCCCCC(CCCCC)NCc1ccsc1. The molecule has 0 radical (unpaired) electrons. The van der Waals surface area contributed by atoms with E-state index in [2.05, 4.69) is 36.0 Å². The molecule has 1 rings (SSSR count). The summed E-state index contributed by atoms with van der Waals surface area (Å²) < 4.78 is 0. The van der Waals surface area contributed by atoms with Crippen LogP contribution in [0.15, 0.2) is 16.8 Å². The molecule has 104 valence electrons. The van der Waals surface area contributed by atoms with Gasteiger partial charge in [-0.3, -0.25) is 0 Å². The Balaban J connectivity index is 2.23. The molecular weight excluding hydrogens is 238 g/mol. The van der Waals surface area contributed by atoms with Gasteiger partial charge in [0.25, 0.3) is 0 Å². The first-order valence-corrected chi connectivity index (χ1v) is 8.55. The van der Waals surface area contributed by atoms with Crippen molar-refractivity contribution < 1.29 is 0 Å². The summed E-state index contributed by atoms with van der Waals surface area (Å²) in [6.07, 6.45) is 10.9. The molecule has 1 heterocycles. The Kier molecular flexibility index (Phi) is 9.23. The minimum Gasteiger partial charge on any atom is -0.310 e. The highest BCUT2D eigenvalue weighted by molar-refractivity contribution is 7.07. The lowest BCUT2D eigenvalue weighted by atomic mass is 10.0. The Morgan fingerprint density at radius 3 is 2.22 bits per heavy atom. The van der Waals surface area contributed by atoms with Gasteiger partial charge in [0.15, 0.2) is 0 Å². The van der Waals surface area contributed by atoms with Gasteiger partial charge in [-0.1, -0.05) is 52.4 Å². The van der Waals surface area contributed by atoms with Crippen LogP contribution < -0.4 is 5.32 Å². The number of thiophene rings is 1. The van der Waals surface area contributed by atoms with Crippen LogP contribution in [0.1, 0.15) is 70.8 Å². The summed E-state index contributed by atoms with van der Waals surface area (Å²) in [5.74, 6) is 0. The average Bonchev–Trinajstić information content (AvgIpc) is 2.89. The first-order valence-electron chi connectivity index (χ1n) is 7.61. The van der Waals surface area contributed by atoms with Gasteiger partial charge in [-0.05, 0) is 35.2 Å². The van der Waals surface area contributed by atoms with Crippen molar-refractivity contribution in [3.8, 4) is 0 Å². The molecule has 1 nitrogen and oxygen atoms in total. The van der Waals surface area contributed by atoms with Gasteiger partial charge in [0, 0.05) is 12.6 Å². The van der Waals surface area contributed by atoms with Crippen LogP contribution in [0.5, 0.6) is 0 Å². The molecule has 0 saturated heterocycles. The fourth-order valence-electron chi connectivity index (χ4n) is 2.29. The lowest BCUT2D eigenvalue weighted by Crippen LogP contribution is -2.28. The molecule has 0 aliphatic carbocycles. The Hall–Kier alpha value is -0.340. The number of rotatable bonds is 11. The molecule has 2 heteroatoms. The van der Waals surface area contributed by atoms with Gasteiger partial charge in [0.2, 0.25) is 0 Å². The van der Waals surface area contributed by atoms with Crippen molar-refractivity contribution in [2.75, 3.05) is 0 Å². The predicted molar refractivity (Wildman–Crippen MR) is 83.2 cm³/mol. The van der Waals surface area contributed by atoms with Crippen molar-refractivity contribution >= 4 is 11.3 Å². The fraction of sp³-hybridized carbons (Fsp3) is 0.750. The standard InChI is InChI=1S/C16H29NS/c1-3-5-7-9-16(10-8-6-4-2)17-13-15-11-12-18-14-15/h11-12,14,16-17H,3-10,13H2,1-2H3. The van der Waals surface area contributed by atoms with Crippen LogP contribution in [0.3, 0.4) is 0 Å². The highest BCUT2D eigenvalue weighted by Gasteiger charge is 2.07. The molecular formula is C16H29NS. The predicted octanol–water partition coefficient (Wildman–Crippen LogP) is 5.37. The second-order valence-corrected chi connectivity index (χ2v) is 5.98. The maximum absolute atomic E-state index is 3.75. The largest absolute Gasteiger partial charge is 0.310 e. The minimum atomic E-state index is 0.725. The van der Waals surface area contributed by atoms with Gasteiger partial charge in [-0.15, -0.1) is 0 Å². The summed E-state index contributed by atoms with van der Waals surface area (Å²) in [4.78, 5) is 0. The van der Waals surface area contributed by atoms with E-state index >= 15 is 0 Å². The topological polar surface area (TPSA) is 12.0 Å². The first-order chi connectivity index (χ1) is 8.86. The summed E-state index contributed by atoms with van der Waals surface area (Å²) in [6.45, 7) is 5.61. The van der Waals surface area contributed by atoms with Crippen molar-refractivity contribution in [3.05, 3.63) is 22.4 Å². The third-order valence-electron chi connectivity index (χ3n) is 3.49. The van der Waals surface area contributed by atoms with E-state index in [9.17, 15) is 0 Å². The highest BCUT2D eigenvalue weighted by Crippen LogP contribution is 2.13. The second kappa shape index (κ2) is 10.6. The van der Waals surface area contributed by atoms with E-state index in [1.165, 1.54) is 56.9 Å². The molecule has 0 unspecified atom stereocenters. The van der Waals surface area contributed by atoms with Crippen molar-refractivity contribution in [2.45, 2.75) is 77.8 Å². The number of hydrogen-bond donors (Lipinski definition) is 1. The maximum Gasteiger partial charge on any atom is 0.0216 e. The number of unbranched alkanes of at least 4 members (excludes halogenated alkanes) is 4. The van der Waals surface area contributed by atoms with Crippen LogP contribution in [0.4, 0.5) is 0 Å². The highest BCUT2D eigenvalue weighted by atomic mass is 32.1. The molecule has 1 aromatic heterocycles. The number of nitrogens with one attached hydrogen (secondary N) is 1. The van der Waals surface area contributed by atoms with Gasteiger partial charge < -0.3 is 5.32 Å². The van der Waals surface area contributed by atoms with E-state index < -0.39 is 0 Å². The summed E-state index contributed by atoms with van der Waals surface area (Å²) in [6, 6.07) is 2.95. The fourth-order valence-corrected chi connectivity index (χ4v) is 2.95. The van der Waals surface area contributed by atoms with Gasteiger partial charge in [0.05, 0.1) is 0 Å². The van der Waals surface area contributed by atoms with E-state index in [0.717, 1.165) is 12.6 Å². The molecule has 0 spiro atoms. The molecule has 0 aliphatic rings. The van der Waals surface area contributed by atoms with Crippen molar-refractivity contribution in [2.24, 2.45) is 0 Å². The molecule has 0 atom stereocenters. The third kappa shape index (κ3) is 7.17. The normalized spacial score (nSPS) is 11.3. The smallest absolute Gasteiger partial charge is 0.0216 e. The molecule has 1 N–H and O–H groups in total. The summed E-state index contributed by atoms with van der Waals surface area (Å²) in [5.41, 5.74) is 1.44. The van der Waals surface area contributed by atoms with E-state index in [4.69, 9.17) is 0 Å². The molecule has 1 aromatic rings. The zero-order chi connectivity index (χ0) is 13.1. The van der Waals surface area contributed by atoms with Crippen LogP contribution in [-0.4, -0.2) is 6.04 Å². The summed E-state index contributed by atoms with van der Waals surface area (Å²) in [7, 11) is 0. The lowest BCUT2D eigenvalue weighted by Gasteiger charge is -2.18. The Labute approximate surface area is 117 Å². The van der Waals surface area contributed by atoms with Crippen LogP contribution in [0.25, 0.3) is 0 Å². The zero-order valence-electron chi connectivity index (χ0n) is 12.1. The van der Waals surface area contributed by atoms with Crippen molar-refractivity contribution in [1.29, 1.82) is 0 Å². The molecule has 0 saturated carbocycles. The zero-order valence-corrected chi connectivity index (χ0v) is 12.9. The molecule has 18 heavy (non-hydrogen) atoms. The molecule has 0 bridgehead atoms. The first kappa shape index (κ1) is 15.7. The van der Waals surface area contributed by atoms with E-state index in [1.54, 1.807) is 11.3 Å². The molecule has 0 fully saturated rings. The monoisotopic (exact) mass is 267 g/mol. The van der Waals surface area contributed by atoms with Crippen molar-refractivity contribution in [1.82, 2.24) is 5.32 Å². The van der Waals surface area contributed by atoms with Gasteiger partial charge in [-0.25, -0.2) is 0 Å². The van der Waals surface area contributed by atoms with E-state index in [0.29, 0.717) is 0 Å². The second-order valence-electron chi connectivity index (χ2n) is 5.20. The molecule has 0 aromatic carbocycles. The quantitative estimate of drug-likeness (QED) is 0.532. The van der Waals surface area contributed by atoms with Crippen LogP contribution in [-0.2, 0) is 6.54 Å². The van der Waals surface area contributed by atoms with E-state index in [1.807, 2.05) is 0 Å². The van der Waals surface area contributed by atoms with Gasteiger partial charge in [-0.2, -0.15) is 11.3 Å². The van der Waals surface area contributed by atoms with Gasteiger partial charge in [0.1, 0.15) is 0 Å². The van der Waals surface area contributed by atoms with Crippen LogP contribution in [0, 0.1) is 0 Å². The average molecular weight is 267 g/mol. The molecule has 0 amide bonds. The molecule has 0 aliphatic heterocycles. The Morgan fingerprint density at radius 2 is 1.72 bits per heavy atom. The Bertz CT molecular complexity index is 259.